The summed E-state index contributed by atoms with van der Waals surface area (Å²) in [6.45, 7) is 7.40. The molecular formula is C17H23NO5. The summed E-state index contributed by atoms with van der Waals surface area (Å²) in [5.74, 6) is 0.722. The highest BCUT2D eigenvalue weighted by molar-refractivity contribution is 5.90. The zero-order valence-corrected chi connectivity index (χ0v) is 14.2. The van der Waals surface area contributed by atoms with Gasteiger partial charge in [0.05, 0.1) is 5.41 Å². The fraction of sp³-hybridized carbons (Fsp3) is 0.529. The lowest BCUT2D eigenvalue weighted by Crippen LogP contribution is -2.34. The van der Waals surface area contributed by atoms with E-state index in [1.807, 2.05) is 20.8 Å². The lowest BCUT2D eigenvalue weighted by molar-refractivity contribution is -0.126. The SMILES string of the molecule is CO[C@@H]1OC(=O)N(c2ccc(OCC(C)(C)C(C)=O)cc2)C1C. The molecule has 0 radical (unpaired) electrons. The van der Waals surface area contributed by atoms with Crippen LogP contribution in [0.25, 0.3) is 0 Å². The van der Waals surface area contributed by atoms with Crippen LogP contribution < -0.4 is 9.64 Å². The van der Waals surface area contributed by atoms with Crippen LogP contribution in [0.2, 0.25) is 0 Å². The topological polar surface area (TPSA) is 65.1 Å². The number of anilines is 1. The van der Waals surface area contributed by atoms with Crippen molar-refractivity contribution < 1.29 is 23.8 Å². The molecule has 0 spiro atoms. The van der Waals surface area contributed by atoms with E-state index in [-0.39, 0.29) is 11.8 Å². The average Bonchev–Trinajstić information content (AvgIpc) is 2.80. The molecule has 1 aliphatic heterocycles. The standard InChI is InChI=1S/C17H23NO5/c1-11-15(21-5)23-16(20)18(11)13-6-8-14(9-7-13)22-10-17(3,4)12(2)19/h6-9,11,15H,10H2,1-5H3/t11?,15-/m1/s1. The number of cyclic esters (lactones) is 1. The van der Waals surface area contributed by atoms with Crippen LogP contribution in [0.1, 0.15) is 27.7 Å². The van der Waals surface area contributed by atoms with E-state index in [0.717, 1.165) is 0 Å². The van der Waals surface area contributed by atoms with E-state index >= 15 is 0 Å². The monoisotopic (exact) mass is 321 g/mol. The molecule has 1 aromatic rings. The Bertz CT molecular complexity index is 581. The molecular weight excluding hydrogens is 298 g/mol. The van der Waals surface area contributed by atoms with E-state index in [1.165, 1.54) is 12.0 Å². The first-order chi connectivity index (χ1) is 10.8. The minimum absolute atomic E-state index is 0.0772. The van der Waals surface area contributed by atoms with Gasteiger partial charge in [-0.3, -0.25) is 9.69 Å². The number of rotatable bonds is 6. The molecule has 23 heavy (non-hydrogen) atoms. The predicted octanol–water partition coefficient (Wildman–Crippen LogP) is 3.00. The molecule has 0 saturated carbocycles. The Kier molecular flexibility index (Phi) is 4.94. The molecule has 1 heterocycles. The molecule has 1 amide bonds. The van der Waals surface area contributed by atoms with Crippen LogP contribution in [0.4, 0.5) is 10.5 Å². The minimum atomic E-state index is -0.574. The van der Waals surface area contributed by atoms with Crippen molar-refractivity contribution >= 4 is 17.6 Å². The maximum Gasteiger partial charge on any atom is 0.417 e. The third kappa shape index (κ3) is 3.64. The summed E-state index contributed by atoms with van der Waals surface area (Å²) < 4.78 is 15.9. The molecule has 0 bridgehead atoms. The first-order valence-electron chi connectivity index (χ1n) is 7.53. The van der Waals surface area contributed by atoms with Gasteiger partial charge in [-0.05, 0) is 52.0 Å². The van der Waals surface area contributed by atoms with Crippen molar-refractivity contribution in [2.45, 2.75) is 40.0 Å². The summed E-state index contributed by atoms with van der Waals surface area (Å²) in [5.41, 5.74) is 0.178. The molecule has 0 aromatic heterocycles. The fourth-order valence-corrected chi connectivity index (χ4v) is 2.20. The molecule has 1 aromatic carbocycles. The minimum Gasteiger partial charge on any atom is -0.493 e. The number of amides is 1. The fourth-order valence-electron chi connectivity index (χ4n) is 2.20. The number of Topliss-reactive ketones (excluding diaryl/α,β-unsaturated/α-hetero) is 1. The molecule has 0 N–H and O–H groups in total. The van der Waals surface area contributed by atoms with Crippen molar-refractivity contribution in [2.75, 3.05) is 18.6 Å². The summed E-state index contributed by atoms with van der Waals surface area (Å²) >= 11 is 0. The van der Waals surface area contributed by atoms with E-state index in [4.69, 9.17) is 14.2 Å². The second-order valence-electron chi connectivity index (χ2n) is 6.32. The van der Waals surface area contributed by atoms with E-state index in [1.54, 1.807) is 31.2 Å². The molecule has 6 heteroatoms. The number of methoxy groups -OCH3 is 1. The molecule has 0 aliphatic carbocycles. The van der Waals surface area contributed by atoms with Crippen molar-refractivity contribution in [1.82, 2.24) is 0 Å². The molecule has 2 rings (SSSR count). The number of ether oxygens (including phenoxy) is 3. The number of benzene rings is 1. The molecule has 1 fully saturated rings. The van der Waals surface area contributed by atoms with Crippen LogP contribution in [-0.2, 0) is 14.3 Å². The lowest BCUT2D eigenvalue weighted by atomic mass is 9.90. The van der Waals surface area contributed by atoms with Gasteiger partial charge < -0.3 is 14.2 Å². The van der Waals surface area contributed by atoms with Gasteiger partial charge in [0.15, 0.2) is 0 Å². The van der Waals surface area contributed by atoms with Gasteiger partial charge in [0.1, 0.15) is 24.2 Å². The van der Waals surface area contributed by atoms with Gasteiger partial charge in [-0.25, -0.2) is 4.79 Å². The highest BCUT2D eigenvalue weighted by atomic mass is 16.7. The number of carbonyl (C=O) groups is 2. The Labute approximate surface area is 136 Å². The normalized spacial score (nSPS) is 21.3. The summed E-state index contributed by atoms with van der Waals surface area (Å²) in [4.78, 5) is 25.0. The zero-order chi connectivity index (χ0) is 17.2. The Morgan fingerprint density at radius 1 is 1.30 bits per heavy atom. The molecule has 1 aliphatic rings. The second kappa shape index (κ2) is 6.58. The number of carbonyl (C=O) groups excluding carboxylic acids is 2. The number of hydrogen-bond donors (Lipinski definition) is 0. The number of ketones is 1. The van der Waals surface area contributed by atoms with Crippen LogP contribution in [0.5, 0.6) is 5.75 Å². The maximum atomic E-state index is 11.9. The van der Waals surface area contributed by atoms with E-state index in [0.29, 0.717) is 18.0 Å². The van der Waals surface area contributed by atoms with Crippen molar-refractivity contribution in [3.8, 4) is 5.75 Å². The first kappa shape index (κ1) is 17.3. The average molecular weight is 321 g/mol. The highest BCUT2D eigenvalue weighted by Gasteiger charge is 2.39. The van der Waals surface area contributed by atoms with Gasteiger partial charge >= 0.3 is 6.09 Å². The van der Waals surface area contributed by atoms with Gasteiger partial charge in [-0.1, -0.05) is 0 Å². The summed E-state index contributed by atoms with van der Waals surface area (Å²) in [6, 6.07) is 6.89. The van der Waals surface area contributed by atoms with Gasteiger partial charge in [0.2, 0.25) is 6.29 Å². The zero-order valence-electron chi connectivity index (χ0n) is 14.2. The second-order valence-corrected chi connectivity index (χ2v) is 6.32. The molecule has 6 nitrogen and oxygen atoms in total. The van der Waals surface area contributed by atoms with Crippen molar-refractivity contribution in [3.05, 3.63) is 24.3 Å². The summed E-state index contributed by atoms with van der Waals surface area (Å²) in [7, 11) is 1.51. The number of hydrogen-bond acceptors (Lipinski definition) is 5. The van der Waals surface area contributed by atoms with E-state index in [9.17, 15) is 9.59 Å². The van der Waals surface area contributed by atoms with E-state index in [2.05, 4.69) is 0 Å². The Hall–Kier alpha value is -2.08. The van der Waals surface area contributed by atoms with Crippen LogP contribution >= 0.6 is 0 Å². The Balaban J connectivity index is 2.05. The maximum absolute atomic E-state index is 11.9. The predicted molar refractivity (Wildman–Crippen MR) is 85.6 cm³/mol. The van der Waals surface area contributed by atoms with E-state index < -0.39 is 17.8 Å². The largest absolute Gasteiger partial charge is 0.493 e. The van der Waals surface area contributed by atoms with Crippen molar-refractivity contribution in [2.24, 2.45) is 5.41 Å². The number of nitrogens with zero attached hydrogens (tertiary/aromatic N) is 1. The van der Waals surface area contributed by atoms with Crippen LogP contribution in [0.3, 0.4) is 0 Å². The Morgan fingerprint density at radius 3 is 2.39 bits per heavy atom. The summed E-state index contributed by atoms with van der Waals surface area (Å²) in [6.07, 6.45) is -1.01. The molecule has 1 saturated heterocycles. The first-order valence-corrected chi connectivity index (χ1v) is 7.53. The van der Waals surface area contributed by atoms with Crippen LogP contribution in [0.15, 0.2) is 24.3 Å². The summed E-state index contributed by atoms with van der Waals surface area (Å²) in [5, 5.41) is 0. The quantitative estimate of drug-likeness (QED) is 0.806. The molecule has 2 atom stereocenters. The molecule has 126 valence electrons. The lowest BCUT2D eigenvalue weighted by Gasteiger charge is -2.22. The van der Waals surface area contributed by atoms with Gasteiger partial charge in [0, 0.05) is 12.8 Å². The van der Waals surface area contributed by atoms with Crippen molar-refractivity contribution in [1.29, 1.82) is 0 Å². The van der Waals surface area contributed by atoms with Crippen molar-refractivity contribution in [3.63, 3.8) is 0 Å². The third-order valence-corrected chi connectivity index (χ3v) is 4.11. The van der Waals surface area contributed by atoms with Gasteiger partial charge in [0.25, 0.3) is 0 Å². The van der Waals surface area contributed by atoms with Crippen LogP contribution in [0, 0.1) is 5.41 Å². The van der Waals surface area contributed by atoms with Crippen LogP contribution in [-0.4, -0.2) is 37.9 Å². The van der Waals surface area contributed by atoms with Gasteiger partial charge in [-0.15, -0.1) is 0 Å². The smallest absolute Gasteiger partial charge is 0.417 e. The van der Waals surface area contributed by atoms with Gasteiger partial charge in [-0.2, -0.15) is 0 Å². The Morgan fingerprint density at radius 2 is 1.91 bits per heavy atom. The molecule has 1 unspecified atom stereocenters. The third-order valence-electron chi connectivity index (χ3n) is 4.11. The highest BCUT2D eigenvalue weighted by Crippen LogP contribution is 2.29.